The van der Waals surface area contributed by atoms with Gasteiger partial charge >= 0.3 is 5.97 Å². The van der Waals surface area contributed by atoms with Crippen molar-refractivity contribution in [2.75, 3.05) is 6.61 Å². The average Bonchev–Trinajstić information content (AvgIpc) is 4.13. The van der Waals surface area contributed by atoms with Gasteiger partial charge in [-0.05, 0) is 90.8 Å². The molecule has 0 amide bonds. The molecule has 0 saturated carbocycles. The Hall–Kier alpha value is -2.33. The third-order valence-corrected chi connectivity index (χ3v) is 21.6. The SMILES string of the molecule is CCCCCCOC(=O)c1cc2c(C(C)(C)CC)sc(-c3cc4c(-c5ccc(CC(CC)CCCC)s5)c5sc(C(C)(C)C)cc5c(-c5ccc(CC(CC)CCCC)s5)c4s3)c2s1. The van der Waals surface area contributed by atoms with Crippen LogP contribution in [0.15, 0.2) is 42.5 Å². The Balaban J connectivity index is 1.45. The van der Waals surface area contributed by atoms with Crippen LogP contribution >= 0.6 is 68.0 Å². The molecule has 0 N–H and O–H groups in total. The Kier molecular flexibility index (Phi) is 16.8. The van der Waals surface area contributed by atoms with E-state index in [2.05, 4.69) is 119 Å². The summed E-state index contributed by atoms with van der Waals surface area (Å²) in [4.78, 5) is 25.6. The van der Waals surface area contributed by atoms with Gasteiger partial charge in [0.25, 0.3) is 0 Å². The molecule has 0 saturated heterocycles. The Labute approximate surface area is 409 Å². The van der Waals surface area contributed by atoms with Crippen molar-refractivity contribution < 1.29 is 9.53 Å². The molecule has 0 radical (unpaired) electrons. The zero-order chi connectivity index (χ0) is 45.8. The molecule has 2 nitrogen and oxygen atoms in total. The van der Waals surface area contributed by atoms with Crippen LogP contribution in [0, 0.1) is 11.8 Å². The first-order valence-corrected chi connectivity index (χ1v) is 29.6. The number of carbonyl (C=O) groups is 1. The van der Waals surface area contributed by atoms with Gasteiger partial charge in [0, 0.05) is 70.8 Å². The first-order chi connectivity index (χ1) is 30.7. The molecule has 0 spiro atoms. The zero-order valence-corrected chi connectivity index (χ0v) is 45.7. The molecule has 346 valence electrons. The molecule has 0 aliphatic heterocycles. The van der Waals surface area contributed by atoms with Crippen molar-refractivity contribution in [1.82, 2.24) is 0 Å². The molecule has 6 aromatic heterocycles. The number of benzene rings is 1. The second-order valence-electron chi connectivity index (χ2n) is 20.0. The first kappa shape index (κ1) is 49.6. The Morgan fingerprint density at radius 2 is 1.16 bits per heavy atom. The number of hydrogen-bond donors (Lipinski definition) is 0. The number of ether oxygens (including phenoxy) is 1. The van der Waals surface area contributed by atoms with E-state index >= 15 is 0 Å². The van der Waals surface area contributed by atoms with Crippen LogP contribution in [0.3, 0.4) is 0 Å². The van der Waals surface area contributed by atoms with Crippen molar-refractivity contribution in [3.63, 3.8) is 0 Å². The maximum absolute atomic E-state index is 13.6. The summed E-state index contributed by atoms with van der Waals surface area (Å²) < 4.78 is 9.96. The molecule has 0 fully saturated rings. The number of thiophene rings is 6. The fourth-order valence-electron chi connectivity index (χ4n) is 9.06. The fraction of sp³-hybridized carbons (Fsp3) is 0.554. The van der Waals surface area contributed by atoms with Gasteiger partial charge < -0.3 is 4.74 Å². The maximum Gasteiger partial charge on any atom is 0.348 e. The summed E-state index contributed by atoms with van der Waals surface area (Å²) >= 11 is 11.7. The van der Waals surface area contributed by atoms with Gasteiger partial charge in [-0.3, -0.25) is 0 Å². The van der Waals surface area contributed by atoms with E-state index in [9.17, 15) is 4.79 Å². The molecular weight excluding hydrogens is 897 g/mol. The highest BCUT2D eigenvalue weighted by atomic mass is 32.1. The molecule has 2 atom stereocenters. The zero-order valence-electron chi connectivity index (χ0n) is 40.8. The summed E-state index contributed by atoms with van der Waals surface area (Å²) in [6.07, 6.45) is 18.0. The van der Waals surface area contributed by atoms with E-state index in [4.69, 9.17) is 4.74 Å². The summed E-state index contributed by atoms with van der Waals surface area (Å²) in [6.45, 7) is 26.3. The summed E-state index contributed by atoms with van der Waals surface area (Å²) in [6, 6.07) is 17.0. The number of hydrogen-bond acceptors (Lipinski definition) is 8. The summed E-state index contributed by atoms with van der Waals surface area (Å²) in [7, 11) is 0. The minimum atomic E-state index is -0.174. The number of unbranched alkanes of at least 4 members (excludes halogenated alkanes) is 5. The van der Waals surface area contributed by atoms with Gasteiger partial charge in [-0.2, -0.15) is 0 Å². The van der Waals surface area contributed by atoms with Crippen molar-refractivity contribution in [3.8, 4) is 30.6 Å². The van der Waals surface area contributed by atoms with E-state index in [0.29, 0.717) is 6.61 Å². The Morgan fingerprint density at radius 1 is 0.578 bits per heavy atom. The summed E-state index contributed by atoms with van der Waals surface area (Å²) in [5, 5.41) is 4.02. The lowest BCUT2D eigenvalue weighted by molar-refractivity contribution is 0.0503. The number of rotatable bonds is 23. The van der Waals surface area contributed by atoms with Crippen molar-refractivity contribution in [1.29, 1.82) is 0 Å². The number of esters is 1. The third kappa shape index (κ3) is 10.8. The van der Waals surface area contributed by atoms with Gasteiger partial charge in [-0.1, -0.05) is 147 Å². The van der Waals surface area contributed by atoms with Crippen LogP contribution in [0.25, 0.3) is 60.9 Å². The van der Waals surface area contributed by atoms with E-state index in [1.807, 2.05) is 56.7 Å². The minimum Gasteiger partial charge on any atom is -0.462 e. The molecule has 2 unspecified atom stereocenters. The Morgan fingerprint density at radius 3 is 1.70 bits per heavy atom. The van der Waals surface area contributed by atoms with Gasteiger partial charge in [-0.15, -0.1) is 68.0 Å². The lowest BCUT2D eigenvalue weighted by Gasteiger charge is -2.21. The van der Waals surface area contributed by atoms with Gasteiger partial charge in [0.05, 0.1) is 16.2 Å². The van der Waals surface area contributed by atoms with Gasteiger partial charge in [-0.25, -0.2) is 4.79 Å². The monoisotopic (exact) mass is 970 g/mol. The third-order valence-electron chi connectivity index (χ3n) is 13.6. The molecule has 6 heterocycles. The predicted molar refractivity (Wildman–Crippen MR) is 293 cm³/mol. The molecule has 7 aromatic rings. The van der Waals surface area contributed by atoms with Gasteiger partial charge in [0.15, 0.2) is 0 Å². The van der Waals surface area contributed by atoms with Crippen LogP contribution in [0.5, 0.6) is 0 Å². The van der Waals surface area contributed by atoms with E-state index in [0.717, 1.165) is 48.8 Å². The normalized spacial score (nSPS) is 13.5. The molecule has 8 heteroatoms. The lowest BCUT2D eigenvalue weighted by atomic mass is 9.87. The van der Waals surface area contributed by atoms with Crippen molar-refractivity contribution in [2.45, 2.75) is 183 Å². The first-order valence-electron chi connectivity index (χ1n) is 24.7. The molecule has 0 bridgehead atoms. The van der Waals surface area contributed by atoms with E-state index in [1.54, 1.807) is 11.3 Å². The largest absolute Gasteiger partial charge is 0.462 e. The summed E-state index contributed by atoms with van der Waals surface area (Å²) in [5.74, 6) is 1.29. The van der Waals surface area contributed by atoms with Crippen LogP contribution in [0.4, 0.5) is 0 Å². The van der Waals surface area contributed by atoms with Crippen molar-refractivity contribution in [3.05, 3.63) is 66.9 Å². The van der Waals surface area contributed by atoms with Crippen LogP contribution in [0.2, 0.25) is 0 Å². The highest BCUT2D eigenvalue weighted by Crippen LogP contribution is 2.57. The highest BCUT2D eigenvalue weighted by molar-refractivity contribution is 7.32. The van der Waals surface area contributed by atoms with Crippen molar-refractivity contribution in [2.24, 2.45) is 11.8 Å². The fourth-order valence-corrected chi connectivity index (χ4v) is 16.9. The van der Waals surface area contributed by atoms with Gasteiger partial charge in [0.1, 0.15) is 4.88 Å². The number of fused-ring (bicyclic) bond motifs is 3. The Bertz CT molecular complexity index is 2510. The smallest absolute Gasteiger partial charge is 0.348 e. The van der Waals surface area contributed by atoms with Crippen LogP contribution in [-0.2, 0) is 28.4 Å². The second kappa shape index (κ2) is 21.7. The predicted octanol–water partition coefficient (Wildman–Crippen LogP) is 20.8. The molecule has 1 aromatic carbocycles. The molecule has 64 heavy (non-hydrogen) atoms. The number of carbonyl (C=O) groups excluding carboxylic acids is 1. The van der Waals surface area contributed by atoms with E-state index in [-0.39, 0.29) is 16.8 Å². The average molecular weight is 972 g/mol. The lowest BCUT2D eigenvalue weighted by Crippen LogP contribution is -2.13. The van der Waals surface area contributed by atoms with Crippen LogP contribution in [-0.4, -0.2) is 12.6 Å². The maximum atomic E-state index is 13.6. The molecule has 0 aliphatic carbocycles. The molecular formula is C56H74O2S6. The molecule has 7 rings (SSSR count). The second-order valence-corrected chi connectivity index (χ2v) is 26.5. The summed E-state index contributed by atoms with van der Waals surface area (Å²) in [5.41, 5.74) is 2.84. The van der Waals surface area contributed by atoms with Crippen LogP contribution in [0.1, 0.15) is 189 Å². The molecule has 0 aliphatic rings. The van der Waals surface area contributed by atoms with Gasteiger partial charge in [0.2, 0.25) is 0 Å². The van der Waals surface area contributed by atoms with Crippen molar-refractivity contribution >= 4 is 104 Å². The minimum absolute atomic E-state index is 0.0236. The van der Waals surface area contributed by atoms with E-state index < -0.39 is 0 Å². The standard InChI is InChI=1S/C56H74O2S6/c1-12-18-21-22-29-58-54(57)45-33-41-51(62-45)52(64-53(41)56(10,11)17-6)44-32-39-47(42-27-25-37(59-42)30-35(15-4)23-19-13-2)50-40(34-46(63-50)55(7,8)9)48(49(39)61-44)43-28-26-38(60-43)31-36(16-5)24-20-14-3/h25-28,32-36H,12-24,29-31H2,1-11H3. The van der Waals surface area contributed by atoms with Crippen LogP contribution < -0.4 is 0 Å². The highest BCUT2D eigenvalue weighted by Gasteiger charge is 2.31. The van der Waals surface area contributed by atoms with E-state index in [1.165, 1.54) is 145 Å². The quantitative estimate of drug-likeness (QED) is 0.0472. The topological polar surface area (TPSA) is 26.3 Å².